The smallest absolute Gasteiger partial charge is 0.0780 e. The number of fused-ring (bicyclic) bond motifs is 6. The summed E-state index contributed by atoms with van der Waals surface area (Å²) in [6.07, 6.45) is 4.15. The maximum Gasteiger partial charge on any atom is 0.0780 e. The van der Waals surface area contributed by atoms with Gasteiger partial charge in [-0.25, -0.2) is 0 Å². The normalized spacial score (nSPS) is 12.7. The highest BCUT2D eigenvalue weighted by Crippen LogP contribution is 2.37. The van der Waals surface area contributed by atoms with Gasteiger partial charge in [0.15, 0.2) is 0 Å². The van der Waals surface area contributed by atoms with E-state index in [4.69, 9.17) is 4.98 Å². The van der Waals surface area contributed by atoms with Crippen LogP contribution in [0.2, 0.25) is 0 Å². The molecule has 0 saturated carbocycles. The summed E-state index contributed by atoms with van der Waals surface area (Å²) < 4.78 is 0. The topological polar surface area (TPSA) is 12.9 Å². The monoisotopic (exact) mass is 371 g/mol. The Kier molecular flexibility index (Phi) is 3.57. The van der Waals surface area contributed by atoms with E-state index in [0.29, 0.717) is 0 Å². The molecule has 0 fully saturated rings. The third kappa shape index (κ3) is 2.58. The van der Waals surface area contributed by atoms with Crippen molar-refractivity contribution in [2.24, 2.45) is 0 Å². The van der Waals surface area contributed by atoms with E-state index in [1.54, 1.807) is 0 Å². The van der Waals surface area contributed by atoms with Gasteiger partial charge in [0.05, 0.1) is 5.69 Å². The van der Waals surface area contributed by atoms with Crippen LogP contribution in [0.3, 0.4) is 0 Å². The van der Waals surface area contributed by atoms with Crippen molar-refractivity contribution in [1.29, 1.82) is 0 Å². The third-order valence-electron chi connectivity index (χ3n) is 6.27. The van der Waals surface area contributed by atoms with Crippen LogP contribution in [0.4, 0.5) is 0 Å². The second-order valence-electron chi connectivity index (χ2n) is 8.07. The molecular formula is C28H21N. The van der Waals surface area contributed by atoms with Crippen LogP contribution in [0.5, 0.6) is 0 Å². The van der Waals surface area contributed by atoms with E-state index in [-0.39, 0.29) is 0 Å². The molecule has 6 rings (SSSR count). The molecule has 1 heteroatoms. The van der Waals surface area contributed by atoms with Crippen LogP contribution in [0.15, 0.2) is 85.1 Å². The third-order valence-corrected chi connectivity index (χ3v) is 6.27. The lowest BCUT2D eigenvalue weighted by Gasteiger charge is -2.20. The predicted octanol–water partition coefficient (Wildman–Crippen LogP) is 7.13. The fourth-order valence-corrected chi connectivity index (χ4v) is 4.81. The number of benzene rings is 4. The van der Waals surface area contributed by atoms with Gasteiger partial charge in [-0.1, -0.05) is 72.3 Å². The molecule has 0 radical (unpaired) electrons. The van der Waals surface area contributed by atoms with Gasteiger partial charge in [0.25, 0.3) is 0 Å². The first-order chi connectivity index (χ1) is 14.3. The van der Waals surface area contributed by atoms with Crippen LogP contribution in [0.1, 0.15) is 16.7 Å². The van der Waals surface area contributed by atoms with Crippen LogP contribution in [0.25, 0.3) is 43.9 Å². The molecule has 0 saturated heterocycles. The van der Waals surface area contributed by atoms with Crippen molar-refractivity contribution in [3.63, 3.8) is 0 Å². The van der Waals surface area contributed by atoms with Gasteiger partial charge >= 0.3 is 0 Å². The summed E-state index contributed by atoms with van der Waals surface area (Å²) in [7, 11) is 0. The quantitative estimate of drug-likeness (QED) is 0.286. The molecule has 5 aromatic rings. The van der Waals surface area contributed by atoms with Gasteiger partial charge in [-0.2, -0.15) is 0 Å². The minimum absolute atomic E-state index is 1.08. The Morgan fingerprint density at radius 2 is 1.48 bits per heavy atom. The molecule has 0 unspecified atom stereocenters. The largest absolute Gasteiger partial charge is 0.256 e. The highest BCUT2D eigenvalue weighted by Gasteiger charge is 2.17. The van der Waals surface area contributed by atoms with Crippen molar-refractivity contribution < 1.29 is 0 Å². The Morgan fingerprint density at radius 3 is 2.45 bits per heavy atom. The zero-order chi connectivity index (χ0) is 19.4. The molecule has 0 spiro atoms. The molecule has 1 aliphatic rings. The van der Waals surface area contributed by atoms with E-state index in [9.17, 15) is 0 Å². The maximum atomic E-state index is 4.80. The predicted molar refractivity (Wildman–Crippen MR) is 122 cm³/mol. The number of hydrogen-bond acceptors (Lipinski definition) is 1. The van der Waals surface area contributed by atoms with E-state index >= 15 is 0 Å². The van der Waals surface area contributed by atoms with Gasteiger partial charge in [0, 0.05) is 17.1 Å². The van der Waals surface area contributed by atoms with E-state index in [1.807, 2.05) is 6.20 Å². The molecule has 0 amide bonds. The molecule has 1 aliphatic carbocycles. The maximum absolute atomic E-state index is 4.80. The Labute approximate surface area is 170 Å². The Hall–Kier alpha value is -3.45. The lowest BCUT2D eigenvalue weighted by atomic mass is 9.84. The van der Waals surface area contributed by atoms with E-state index < -0.39 is 0 Å². The van der Waals surface area contributed by atoms with Crippen molar-refractivity contribution >= 4 is 21.5 Å². The number of hydrogen-bond donors (Lipinski definition) is 0. The van der Waals surface area contributed by atoms with Gasteiger partial charge in [0.1, 0.15) is 0 Å². The molecule has 1 heterocycles. The fraction of sp³-hybridized carbons (Fsp3) is 0.107. The number of nitrogens with zero attached hydrogens (tertiary/aromatic N) is 1. The Bertz CT molecular complexity index is 1410. The summed E-state index contributed by atoms with van der Waals surface area (Å²) in [5, 5.41) is 5.08. The minimum Gasteiger partial charge on any atom is -0.256 e. The first-order valence-corrected chi connectivity index (χ1v) is 10.3. The molecule has 0 atom stereocenters. The summed E-state index contributed by atoms with van der Waals surface area (Å²) in [5.41, 5.74) is 9.21. The minimum atomic E-state index is 1.08. The van der Waals surface area contributed by atoms with Gasteiger partial charge in [0.2, 0.25) is 0 Å². The van der Waals surface area contributed by atoms with E-state index in [2.05, 4.69) is 85.8 Å². The first kappa shape index (κ1) is 16.5. The lowest BCUT2D eigenvalue weighted by molar-refractivity contribution is 0.942. The Balaban J connectivity index is 1.56. The molecule has 29 heavy (non-hydrogen) atoms. The van der Waals surface area contributed by atoms with E-state index in [0.717, 1.165) is 18.5 Å². The SMILES string of the molecule is Cc1ccc2ccc3c(-c4ccc5c(c4)CCc4ccccc4-5)nccc3c2c1. The van der Waals surface area contributed by atoms with Crippen LogP contribution in [-0.4, -0.2) is 4.98 Å². The molecule has 1 aromatic heterocycles. The van der Waals surface area contributed by atoms with Crippen LogP contribution >= 0.6 is 0 Å². The van der Waals surface area contributed by atoms with E-state index in [1.165, 1.54) is 54.9 Å². The second-order valence-corrected chi connectivity index (χ2v) is 8.07. The van der Waals surface area contributed by atoms with Gasteiger partial charge in [-0.3, -0.25) is 4.98 Å². The molecule has 0 aliphatic heterocycles. The van der Waals surface area contributed by atoms with Crippen molar-refractivity contribution in [3.05, 3.63) is 102 Å². The highest BCUT2D eigenvalue weighted by atomic mass is 14.7. The van der Waals surface area contributed by atoms with Gasteiger partial charge in [-0.15, -0.1) is 0 Å². The van der Waals surface area contributed by atoms with Crippen molar-refractivity contribution in [2.45, 2.75) is 19.8 Å². The lowest BCUT2D eigenvalue weighted by Crippen LogP contribution is -2.04. The number of rotatable bonds is 1. The standard InChI is InChI=1S/C28H21N/c1-18-6-7-20-10-13-26-25(27(20)16-18)14-15-29-28(26)22-11-12-24-21(17-22)9-8-19-4-2-3-5-23(19)24/h2-7,10-17H,8-9H2,1H3. The van der Waals surface area contributed by atoms with Gasteiger partial charge < -0.3 is 0 Å². The second kappa shape index (κ2) is 6.28. The summed E-state index contributed by atoms with van der Waals surface area (Å²) >= 11 is 0. The van der Waals surface area contributed by atoms with Crippen molar-refractivity contribution in [2.75, 3.05) is 0 Å². The summed E-state index contributed by atoms with van der Waals surface area (Å²) in [6, 6.07) is 28.9. The molecular weight excluding hydrogens is 350 g/mol. The molecule has 138 valence electrons. The average molecular weight is 371 g/mol. The summed E-state index contributed by atoms with van der Waals surface area (Å²) in [5.74, 6) is 0. The van der Waals surface area contributed by atoms with Crippen LogP contribution in [0, 0.1) is 6.92 Å². The molecule has 1 nitrogen and oxygen atoms in total. The van der Waals surface area contributed by atoms with Crippen LogP contribution < -0.4 is 0 Å². The Morgan fingerprint density at radius 1 is 0.655 bits per heavy atom. The molecule has 4 aromatic carbocycles. The zero-order valence-corrected chi connectivity index (χ0v) is 16.4. The van der Waals surface area contributed by atoms with Crippen LogP contribution in [-0.2, 0) is 12.8 Å². The van der Waals surface area contributed by atoms with Crippen molar-refractivity contribution in [3.8, 4) is 22.4 Å². The average Bonchev–Trinajstić information content (AvgIpc) is 2.78. The molecule has 0 N–H and O–H groups in total. The van der Waals surface area contributed by atoms with Gasteiger partial charge in [-0.05, 0) is 70.3 Å². The first-order valence-electron chi connectivity index (χ1n) is 10.3. The highest BCUT2D eigenvalue weighted by molar-refractivity contribution is 6.11. The summed E-state index contributed by atoms with van der Waals surface area (Å²) in [6.45, 7) is 2.15. The van der Waals surface area contributed by atoms with Crippen molar-refractivity contribution in [1.82, 2.24) is 4.98 Å². The number of aromatic nitrogens is 1. The molecule has 0 bridgehead atoms. The fourth-order valence-electron chi connectivity index (χ4n) is 4.81. The number of pyridine rings is 1. The number of aryl methyl sites for hydroxylation is 3. The summed E-state index contributed by atoms with van der Waals surface area (Å²) in [4.78, 5) is 4.80. The zero-order valence-electron chi connectivity index (χ0n) is 16.4.